The average Bonchev–Trinajstić information content (AvgIpc) is 2.93. The molecule has 8 heteroatoms. The number of imide groups is 1. The molecule has 0 saturated carbocycles. The van der Waals surface area contributed by atoms with Crippen molar-refractivity contribution in [1.29, 1.82) is 0 Å². The molecule has 1 aliphatic rings. The molecule has 0 radical (unpaired) electrons. The van der Waals surface area contributed by atoms with Gasteiger partial charge in [0.15, 0.2) is 11.5 Å². The zero-order chi connectivity index (χ0) is 20.3. The van der Waals surface area contributed by atoms with E-state index in [0.29, 0.717) is 38.6 Å². The van der Waals surface area contributed by atoms with Gasteiger partial charge in [0, 0.05) is 15.6 Å². The van der Waals surface area contributed by atoms with E-state index in [9.17, 15) is 9.59 Å². The topological polar surface area (TPSA) is 55.8 Å². The minimum atomic E-state index is -0.390. The van der Waals surface area contributed by atoms with Crippen LogP contribution in [0.4, 0.5) is 4.79 Å². The maximum atomic E-state index is 12.7. The van der Waals surface area contributed by atoms with Crippen LogP contribution in [0, 0.1) is 0 Å². The molecule has 2 aromatic rings. The largest absolute Gasteiger partial charge is 0.493 e. The Morgan fingerprint density at radius 3 is 2.46 bits per heavy atom. The molecule has 0 bridgehead atoms. The lowest BCUT2D eigenvalue weighted by Gasteiger charge is -2.14. The highest BCUT2D eigenvalue weighted by atomic mass is 35.5. The average molecular weight is 438 g/mol. The van der Waals surface area contributed by atoms with Crippen molar-refractivity contribution >= 4 is 52.2 Å². The number of ether oxygens (including phenoxy) is 2. The summed E-state index contributed by atoms with van der Waals surface area (Å²) in [4.78, 5) is 26.6. The van der Waals surface area contributed by atoms with Crippen LogP contribution in [0.2, 0.25) is 10.0 Å². The Hall–Kier alpha value is -2.15. The van der Waals surface area contributed by atoms with Crippen LogP contribution in [0.3, 0.4) is 0 Å². The van der Waals surface area contributed by atoms with Gasteiger partial charge >= 0.3 is 0 Å². The summed E-state index contributed by atoms with van der Waals surface area (Å²) in [7, 11) is 1.54. The van der Waals surface area contributed by atoms with E-state index >= 15 is 0 Å². The number of carbonyl (C=O) groups is 2. The van der Waals surface area contributed by atoms with Crippen molar-refractivity contribution in [3.63, 3.8) is 0 Å². The highest BCUT2D eigenvalue weighted by Crippen LogP contribution is 2.36. The maximum Gasteiger partial charge on any atom is 0.293 e. The van der Waals surface area contributed by atoms with Gasteiger partial charge in [-0.2, -0.15) is 0 Å². The van der Waals surface area contributed by atoms with E-state index in [1.807, 2.05) is 6.92 Å². The first kappa shape index (κ1) is 20.6. The van der Waals surface area contributed by atoms with Crippen LogP contribution in [0.25, 0.3) is 6.08 Å². The van der Waals surface area contributed by atoms with Gasteiger partial charge in [-0.05, 0) is 54.6 Å². The molecule has 1 aliphatic heterocycles. The number of halogens is 2. The third-order valence-electron chi connectivity index (χ3n) is 4.04. The minimum Gasteiger partial charge on any atom is -0.493 e. The van der Waals surface area contributed by atoms with E-state index in [-0.39, 0.29) is 17.7 Å². The number of rotatable bonds is 6. The number of hydrogen-bond acceptors (Lipinski definition) is 5. The van der Waals surface area contributed by atoms with Crippen LogP contribution in [0.15, 0.2) is 41.3 Å². The smallest absolute Gasteiger partial charge is 0.293 e. The summed E-state index contributed by atoms with van der Waals surface area (Å²) in [5.41, 5.74) is 1.26. The Labute approximate surface area is 177 Å². The Bertz CT molecular complexity index is 941. The molecule has 0 atom stereocenters. The highest BCUT2D eigenvalue weighted by Gasteiger charge is 2.35. The van der Waals surface area contributed by atoms with Gasteiger partial charge in [0.05, 0.1) is 25.2 Å². The van der Waals surface area contributed by atoms with Crippen LogP contribution in [-0.2, 0) is 11.3 Å². The lowest BCUT2D eigenvalue weighted by molar-refractivity contribution is -0.123. The summed E-state index contributed by atoms with van der Waals surface area (Å²) < 4.78 is 10.8. The molecule has 1 saturated heterocycles. The zero-order valence-electron chi connectivity index (χ0n) is 15.2. The molecule has 28 heavy (non-hydrogen) atoms. The standard InChI is InChI=1S/C20H17Cl2NO4S/c1-3-27-16-8-7-12(9-17(16)26-2)10-18-19(24)23(20(25)28-18)11-13-14(21)5-4-6-15(13)22/h4-10H,3,11H2,1-2H3/b18-10-. The van der Waals surface area contributed by atoms with Gasteiger partial charge in [-0.1, -0.05) is 35.3 Å². The van der Waals surface area contributed by atoms with Crippen LogP contribution >= 0.6 is 35.0 Å². The highest BCUT2D eigenvalue weighted by molar-refractivity contribution is 8.18. The Kier molecular flexibility index (Phi) is 6.54. The van der Waals surface area contributed by atoms with Gasteiger partial charge in [-0.25, -0.2) is 0 Å². The first-order valence-electron chi connectivity index (χ1n) is 8.43. The fourth-order valence-corrected chi connectivity index (χ4v) is 4.03. The van der Waals surface area contributed by atoms with E-state index in [1.165, 1.54) is 0 Å². The molecule has 2 aromatic carbocycles. The van der Waals surface area contributed by atoms with Crippen molar-refractivity contribution in [3.05, 3.63) is 62.5 Å². The number of nitrogens with zero attached hydrogens (tertiary/aromatic N) is 1. The second-order valence-electron chi connectivity index (χ2n) is 5.81. The number of benzene rings is 2. The first-order valence-corrected chi connectivity index (χ1v) is 10.0. The van der Waals surface area contributed by atoms with Gasteiger partial charge < -0.3 is 9.47 Å². The molecular formula is C20H17Cl2NO4S. The summed E-state index contributed by atoms with van der Waals surface area (Å²) in [6.07, 6.45) is 1.65. The van der Waals surface area contributed by atoms with Gasteiger partial charge in [-0.3, -0.25) is 14.5 Å². The SMILES string of the molecule is CCOc1ccc(/C=C2\SC(=O)N(Cc3c(Cl)cccc3Cl)C2=O)cc1OC. The van der Waals surface area contributed by atoms with Crippen LogP contribution in [0.1, 0.15) is 18.1 Å². The third-order valence-corrected chi connectivity index (χ3v) is 5.65. The zero-order valence-corrected chi connectivity index (χ0v) is 17.5. The fraction of sp³-hybridized carbons (Fsp3) is 0.200. The van der Waals surface area contributed by atoms with Crippen molar-refractivity contribution in [2.24, 2.45) is 0 Å². The predicted octanol–water partition coefficient (Wildman–Crippen LogP) is 5.64. The lowest BCUT2D eigenvalue weighted by Crippen LogP contribution is -2.27. The quantitative estimate of drug-likeness (QED) is 0.547. The van der Waals surface area contributed by atoms with E-state index < -0.39 is 0 Å². The molecule has 1 heterocycles. The molecule has 0 spiro atoms. The van der Waals surface area contributed by atoms with E-state index in [4.69, 9.17) is 32.7 Å². The second-order valence-corrected chi connectivity index (χ2v) is 7.62. The number of thioether (sulfide) groups is 1. The number of amides is 2. The molecule has 0 aromatic heterocycles. The van der Waals surface area contributed by atoms with Crippen LogP contribution in [-0.4, -0.2) is 29.8 Å². The van der Waals surface area contributed by atoms with E-state index in [0.717, 1.165) is 22.2 Å². The molecule has 146 valence electrons. The Morgan fingerprint density at radius 1 is 1.11 bits per heavy atom. The Balaban J connectivity index is 1.85. The van der Waals surface area contributed by atoms with Gasteiger partial charge in [-0.15, -0.1) is 0 Å². The lowest BCUT2D eigenvalue weighted by atomic mass is 10.1. The van der Waals surface area contributed by atoms with E-state index in [1.54, 1.807) is 49.6 Å². The first-order chi connectivity index (χ1) is 13.4. The van der Waals surface area contributed by atoms with Crippen LogP contribution < -0.4 is 9.47 Å². The summed E-state index contributed by atoms with van der Waals surface area (Å²) in [5.74, 6) is 0.778. The van der Waals surface area contributed by atoms with Crippen molar-refractivity contribution < 1.29 is 19.1 Å². The fourth-order valence-electron chi connectivity index (χ4n) is 2.68. The Morgan fingerprint density at radius 2 is 1.82 bits per heavy atom. The number of carbonyl (C=O) groups excluding carboxylic acids is 2. The maximum absolute atomic E-state index is 12.7. The minimum absolute atomic E-state index is 0.0209. The normalized spacial score (nSPS) is 15.4. The summed E-state index contributed by atoms with van der Waals surface area (Å²) in [6, 6.07) is 10.4. The molecule has 0 aliphatic carbocycles. The monoisotopic (exact) mass is 437 g/mol. The summed E-state index contributed by atoms with van der Waals surface area (Å²) in [6.45, 7) is 2.42. The summed E-state index contributed by atoms with van der Waals surface area (Å²) in [5, 5.41) is 0.448. The van der Waals surface area contributed by atoms with Crippen molar-refractivity contribution in [2.75, 3.05) is 13.7 Å². The molecule has 0 N–H and O–H groups in total. The third kappa shape index (κ3) is 4.29. The molecule has 1 fully saturated rings. The predicted molar refractivity (Wildman–Crippen MR) is 112 cm³/mol. The van der Waals surface area contributed by atoms with Crippen molar-refractivity contribution in [2.45, 2.75) is 13.5 Å². The number of methoxy groups -OCH3 is 1. The van der Waals surface area contributed by atoms with Crippen LogP contribution in [0.5, 0.6) is 11.5 Å². The van der Waals surface area contributed by atoms with Crippen molar-refractivity contribution in [1.82, 2.24) is 4.90 Å². The van der Waals surface area contributed by atoms with Gasteiger partial charge in [0.1, 0.15) is 0 Å². The van der Waals surface area contributed by atoms with Gasteiger partial charge in [0.2, 0.25) is 0 Å². The van der Waals surface area contributed by atoms with Gasteiger partial charge in [0.25, 0.3) is 11.1 Å². The molecule has 5 nitrogen and oxygen atoms in total. The molecular weight excluding hydrogens is 421 g/mol. The second kappa shape index (κ2) is 8.90. The van der Waals surface area contributed by atoms with Crippen molar-refractivity contribution in [3.8, 4) is 11.5 Å². The molecule has 2 amide bonds. The number of hydrogen-bond donors (Lipinski definition) is 0. The molecule has 3 rings (SSSR count). The molecule has 0 unspecified atom stereocenters. The summed E-state index contributed by atoms with van der Waals surface area (Å²) >= 11 is 13.2. The van der Waals surface area contributed by atoms with E-state index in [2.05, 4.69) is 0 Å².